The minimum Gasteiger partial charge on any atom is -0.360 e. The van der Waals surface area contributed by atoms with Gasteiger partial charge >= 0.3 is 0 Å². The van der Waals surface area contributed by atoms with E-state index >= 15 is 0 Å². The topological polar surface area (TPSA) is 20.7 Å². The van der Waals surface area contributed by atoms with Crippen LogP contribution in [0.5, 0.6) is 0 Å². The van der Waals surface area contributed by atoms with Gasteiger partial charge in [0.25, 0.3) is 0 Å². The standard InChI is InChI=1S/C41H72N2/c1-4-6-7-8-9-10-11-12-13-14-15-16-17-18-19-20-21-22-23-24-25-26-27-28-29-30-31-32-33-39-35-37-43(38(39)3)41-34-36-42-40(41)5-2/h5,34-37,42H,2,4,6-33H2,1,3H3. The molecule has 2 rings (SSSR count). The van der Waals surface area contributed by atoms with Crippen molar-refractivity contribution >= 4 is 6.08 Å². The zero-order chi connectivity index (χ0) is 30.6. The molecule has 0 aliphatic carbocycles. The molecule has 0 saturated heterocycles. The van der Waals surface area contributed by atoms with Crippen molar-refractivity contribution in [3.05, 3.63) is 48.1 Å². The minimum absolute atomic E-state index is 1.09. The van der Waals surface area contributed by atoms with Crippen molar-refractivity contribution in [1.82, 2.24) is 9.55 Å². The van der Waals surface area contributed by atoms with E-state index in [-0.39, 0.29) is 0 Å². The van der Waals surface area contributed by atoms with E-state index in [1.807, 2.05) is 12.3 Å². The molecule has 246 valence electrons. The lowest BCUT2D eigenvalue weighted by Crippen LogP contribution is -1.97. The normalized spacial score (nSPS) is 11.5. The van der Waals surface area contributed by atoms with Crippen LogP contribution >= 0.6 is 0 Å². The fourth-order valence-electron chi connectivity index (χ4n) is 6.81. The van der Waals surface area contributed by atoms with Crippen molar-refractivity contribution in [2.75, 3.05) is 0 Å². The van der Waals surface area contributed by atoms with Crippen molar-refractivity contribution < 1.29 is 0 Å². The highest BCUT2D eigenvalue weighted by Crippen LogP contribution is 2.22. The fourth-order valence-corrected chi connectivity index (χ4v) is 6.81. The molecule has 43 heavy (non-hydrogen) atoms. The lowest BCUT2D eigenvalue weighted by Gasteiger charge is -2.07. The second-order valence-electron chi connectivity index (χ2n) is 13.6. The Bertz CT molecular complexity index is 887. The molecule has 0 atom stereocenters. The number of rotatable bonds is 31. The van der Waals surface area contributed by atoms with Crippen LogP contribution in [0.15, 0.2) is 31.1 Å². The molecule has 2 nitrogen and oxygen atoms in total. The van der Waals surface area contributed by atoms with Crippen LogP contribution in [-0.2, 0) is 6.42 Å². The molecule has 0 radical (unpaired) electrons. The number of nitrogens with zero attached hydrogens (tertiary/aromatic N) is 1. The maximum absolute atomic E-state index is 3.92. The molecule has 2 aromatic heterocycles. The maximum atomic E-state index is 3.92. The molecule has 0 aliphatic rings. The Morgan fingerprint density at radius 2 is 0.930 bits per heavy atom. The summed E-state index contributed by atoms with van der Waals surface area (Å²) in [6.07, 6.45) is 48.0. The van der Waals surface area contributed by atoms with Crippen LogP contribution < -0.4 is 0 Å². The average molecular weight is 593 g/mol. The first-order valence-corrected chi connectivity index (χ1v) is 19.2. The lowest BCUT2D eigenvalue weighted by atomic mass is 10.0. The van der Waals surface area contributed by atoms with Gasteiger partial charge in [0.2, 0.25) is 0 Å². The maximum Gasteiger partial charge on any atom is 0.0702 e. The Morgan fingerprint density at radius 3 is 1.30 bits per heavy atom. The summed E-state index contributed by atoms with van der Waals surface area (Å²) >= 11 is 0. The molecule has 0 amide bonds. The largest absolute Gasteiger partial charge is 0.360 e. The average Bonchev–Trinajstić information content (AvgIpc) is 3.64. The van der Waals surface area contributed by atoms with Crippen molar-refractivity contribution in [2.45, 2.75) is 200 Å². The first-order chi connectivity index (χ1) is 21.3. The number of aromatic nitrogens is 2. The van der Waals surface area contributed by atoms with Crippen molar-refractivity contribution in [1.29, 1.82) is 0 Å². The Morgan fingerprint density at radius 1 is 0.558 bits per heavy atom. The van der Waals surface area contributed by atoms with Crippen LogP contribution in [0, 0.1) is 6.92 Å². The SMILES string of the molecule is C=Cc1[nH]ccc1-n1ccc(CCCCCCCCCCCCCCCCCCCCCCCCCCCCCC)c1C. The molecule has 2 aromatic rings. The Labute approximate surface area is 268 Å². The first kappa shape index (κ1) is 37.5. The second kappa shape index (κ2) is 26.7. The summed E-state index contributed by atoms with van der Waals surface area (Å²) < 4.78 is 2.30. The summed E-state index contributed by atoms with van der Waals surface area (Å²) in [4.78, 5) is 3.27. The van der Waals surface area contributed by atoms with Gasteiger partial charge in [-0.1, -0.05) is 187 Å². The van der Waals surface area contributed by atoms with Gasteiger partial charge in [0, 0.05) is 18.1 Å². The van der Waals surface area contributed by atoms with Crippen molar-refractivity contribution in [2.24, 2.45) is 0 Å². The molecule has 2 heterocycles. The van der Waals surface area contributed by atoms with Crippen LogP contribution in [0.4, 0.5) is 0 Å². The number of aromatic amines is 1. The molecule has 0 bridgehead atoms. The molecule has 0 fully saturated rings. The third-order valence-electron chi connectivity index (χ3n) is 9.77. The Kier molecular flexibility index (Phi) is 23.3. The van der Waals surface area contributed by atoms with E-state index in [2.05, 4.69) is 48.3 Å². The van der Waals surface area contributed by atoms with Crippen LogP contribution in [0.25, 0.3) is 11.8 Å². The molecular weight excluding hydrogens is 520 g/mol. The summed E-state index contributed by atoms with van der Waals surface area (Å²) in [5.41, 5.74) is 5.16. The van der Waals surface area contributed by atoms with Crippen LogP contribution in [0.3, 0.4) is 0 Å². The number of hydrogen-bond acceptors (Lipinski definition) is 0. The van der Waals surface area contributed by atoms with Gasteiger partial charge in [-0.3, -0.25) is 0 Å². The molecule has 0 aromatic carbocycles. The summed E-state index contributed by atoms with van der Waals surface area (Å²) in [7, 11) is 0. The summed E-state index contributed by atoms with van der Waals surface area (Å²) in [5.74, 6) is 0. The number of H-pyrrole nitrogens is 1. The lowest BCUT2D eigenvalue weighted by molar-refractivity contribution is 0.514. The van der Waals surface area contributed by atoms with Gasteiger partial charge in [-0.2, -0.15) is 0 Å². The number of hydrogen-bond donors (Lipinski definition) is 1. The zero-order valence-electron chi connectivity index (χ0n) is 29.0. The van der Waals surface area contributed by atoms with E-state index in [0.29, 0.717) is 0 Å². The molecular formula is C41H72N2. The van der Waals surface area contributed by atoms with E-state index < -0.39 is 0 Å². The van der Waals surface area contributed by atoms with E-state index in [4.69, 9.17) is 0 Å². The van der Waals surface area contributed by atoms with Crippen LogP contribution in [-0.4, -0.2) is 9.55 Å². The number of aryl methyl sites for hydroxylation is 1. The van der Waals surface area contributed by atoms with Gasteiger partial charge in [0.05, 0.1) is 11.4 Å². The van der Waals surface area contributed by atoms with Gasteiger partial charge in [-0.05, 0) is 43.5 Å². The van der Waals surface area contributed by atoms with E-state index in [1.165, 1.54) is 203 Å². The van der Waals surface area contributed by atoms with Gasteiger partial charge in [-0.25, -0.2) is 0 Å². The van der Waals surface area contributed by atoms with Crippen molar-refractivity contribution in [3.8, 4) is 5.69 Å². The highest BCUT2D eigenvalue weighted by Gasteiger charge is 2.09. The number of nitrogens with one attached hydrogen (secondary N) is 1. The highest BCUT2D eigenvalue weighted by molar-refractivity contribution is 5.56. The van der Waals surface area contributed by atoms with Crippen molar-refractivity contribution in [3.63, 3.8) is 0 Å². The van der Waals surface area contributed by atoms with E-state index in [1.54, 1.807) is 0 Å². The molecule has 2 heteroatoms. The van der Waals surface area contributed by atoms with Gasteiger partial charge < -0.3 is 9.55 Å². The molecule has 0 spiro atoms. The number of unbranched alkanes of at least 4 members (excludes halogenated alkanes) is 27. The van der Waals surface area contributed by atoms with E-state index in [9.17, 15) is 0 Å². The first-order valence-electron chi connectivity index (χ1n) is 19.2. The molecule has 0 saturated carbocycles. The highest BCUT2D eigenvalue weighted by atomic mass is 15.0. The third-order valence-corrected chi connectivity index (χ3v) is 9.77. The smallest absolute Gasteiger partial charge is 0.0702 e. The second-order valence-corrected chi connectivity index (χ2v) is 13.6. The Hall–Kier alpha value is -1.70. The quantitative estimate of drug-likeness (QED) is 0.0841. The summed E-state index contributed by atoms with van der Waals surface area (Å²) in [6.45, 7) is 8.48. The van der Waals surface area contributed by atoms with Gasteiger partial charge in [0.1, 0.15) is 0 Å². The van der Waals surface area contributed by atoms with Crippen LogP contribution in [0.2, 0.25) is 0 Å². The fraction of sp³-hybridized carbons (Fsp3) is 0.756. The minimum atomic E-state index is 1.09. The van der Waals surface area contributed by atoms with Crippen LogP contribution in [0.1, 0.15) is 204 Å². The van der Waals surface area contributed by atoms with Gasteiger partial charge in [0.15, 0.2) is 0 Å². The summed E-state index contributed by atoms with van der Waals surface area (Å²) in [6, 6.07) is 4.44. The predicted molar refractivity (Wildman–Crippen MR) is 194 cm³/mol. The summed E-state index contributed by atoms with van der Waals surface area (Å²) in [5, 5.41) is 0. The third kappa shape index (κ3) is 18.0. The molecule has 0 aliphatic heterocycles. The monoisotopic (exact) mass is 593 g/mol. The van der Waals surface area contributed by atoms with Gasteiger partial charge in [-0.15, -0.1) is 0 Å². The Balaban J connectivity index is 1.25. The molecule has 1 N–H and O–H groups in total. The molecule has 0 unspecified atom stereocenters. The predicted octanol–water partition coefficient (Wildman–Crippen LogP) is 14.2. The zero-order valence-corrected chi connectivity index (χ0v) is 29.0. The van der Waals surface area contributed by atoms with E-state index in [0.717, 1.165) is 5.69 Å².